The van der Waals surface area contributed by atoms with Crippen LogP contribution >= 0.6 is 0 Å². The van der Waals surface area contributed by atoms with Gasteiger partial charge in [0.15, 0.2) is 0 Å². The number of nitrogens with one attached hydrogen (secondary N) is 1. The molecule has 1 N–H and O–H groups in total. The van der Waals surface area contributed by atoms with E-state index in [0.29, 0.717) is 41.9 Å². The van der Waals surface area contributed by atoms with Gasteiger partial charge in [-0.05, 0) is 80.0 Å². The fourth-order valence-corrected chi connectivity index (χ4v) is 6.31. The Kier molecular flexibility index (Phi) is 6.00. The molecule has 0 aromatic heterocycles. The van der Waals surface area contributed by atoms with E-state index in [2.05, 4.69) is 29.6 Å². The molecule has 2 aromatic carbocycles. The molecule has 5 rings (SSSR count). The summed E-state index contributed by atoms with van der Waals surface area (Å²) >= 11 is 0. The zero-order valence-electron chi connectivity index (χ0n) is 20.3. The van der Waals surface area contributed by atoms with Gasteiger partial charge in [0.25, 0.3) is 0 Å². The third kappa shape index (κ3) is 4.04. The Hall–Kier alpha value is -3.02. The Balaban J connectivity index is 1.48. The van der Waals surface area contributed by atoms with E-state index < -0.39 is 5.54 Å². The second-order valence-corrected chi connectivity index (χ2v) is 10.1. The van der Waals surface area contributed by atoms with Crippen LogP contribution in [0.4, 0.5) is 5.69 Å². The molecule has 0 bridgehead atoms. The summed E-state index contributed by atoms with van der Waals surface area (Å²) in [7, 11) is 3.18. The number of anilines is 1. The molecule has 3 atom stereocenters. The van der Waals surface area contributed by atoms with Gasteiger partial charge in [-0.25, -0.2) is 0 Å². The average molecular weight is 463 g/mol. The molecule has 2 aromatic rings. The summed E-state index contributed by atoms with van der Waals surface area (Å²) in [6.45, 7) is 1.61. The van der Waals surface area contributed by atoms with E-state index >= 15 is 0 Å². The quantitative estimate of drug-likeness (QED) is 0.681. The fourth-order valence-electron chi connectivity index (χ4n) is 6.31. The molecule has 0 saturated heterocycles. The molecule has 2 fully saturated rings. The molecule has 6 nitrogen and oxygen atoms in total. The van der Waals surface area contributed by atoms with Gasteiger partial charge in [-0.15, -0.1) is 0 Å². The predicted octanol–water partition coefficient (Wildman–Crippen LogP) is 4.61. The highest BCUT2D eigenvalue weighted by atomic mass is 16.5. The average Bonchev–Trinajstić information content (AvgIpc) is 3.67. The first-order chi connectivity index (χ1) is 16.4. The van der Waals surface area contributed by atoms with Crippen molar-refractivity contribution in [3.8, 4) is 11.5 Å². The lowest BCUT2D eigenvalue weighted by Crippen LogP contribution is -2.62. The molecule has 0 aliphatic heterocycles. The minimum atomic E-state index is -0.842. The summed E-state index contributed by atoms with van der Waals surface area (Å²) in [6.07, 6.45) is 6.31. The molecule has 2 amide bonds. The molecule has 0 unspecified atom stereocenters. The van der Waals surface area contributed by atoms with Crippen molar-refractivity contribution in [3.05, 3.63) is 53.6 Å². The highest BCUT2D eigenvalue weighted by molar-refractivity contribution is 6.01. The van der Waals surface area contributed by atoms with Crippen LogP contribution in [0.3, 0.4) is 0 Å². The van der Waals surface area contributed by atoms with Crippen LogP contribution in [0.2, 0.25) is 0 Å². The molecule has 0 radical (unpaired) electrons. The number of hydrogen-bond acceptors (Lipinski definition) is 4. The lowest BCUT2D eigenvalue weighted by Gasteiger charge is -2.51. The van der Waals surface area contributed by atoms with Gasteiger partial charge < -0.3 is 19.7 Å². The normalized spacial score (nSPS) is 25.5. The number of carbonyl (C=O) groups excluding carboxylic acids is 2. The van der Waals surface area contributed by atoms with Crippen molar-refractivity contribution in [2.24, 2.45) is 11.8 Å². The van der Waals surface area contributed by atoms with Crippen LogP contribution in [0, 0.1) is 11.8 Å². The first kappa shape index (κ1) is 22.8. The number of methoxy groups -OCH3 is 2. The van der Waals surface area contributed by atoms with Crippen LogP contribution in [-0.4, -0.2) is 42.5 Å². The van der Waals surface area contributed by atoms with Gasteiger partial charge in [-0.1, -0.05) is 24.3 Å². The number of ether oxygens (including phenoxy) is 2. The van der Waals surface area contributed by atoms with Gasteiger partial charge in [0.2, 0.25) is 11.8 Å². The number of hydrogen-bond donors (Lipinski definition) is 1. The van der Waals surface area contributed by atoms with E-state index in [9.17, 15) is 9.59 Å². The predicted molar refractivity (Wildman–Crippen MR) is 131 cm³/mol. The molecule has 6 heteroatoms. The van der Waals surface area contributed by atoms with Crippen molar-refractivity contribution in [3.63, 3.8) is 0 Å². The fraction of sp³-hybridized carbons (Fsp3) is 0.500. The number of rotatable bonds is 6. The number of carbonyl (C=O) groups is 2. The van der Waals surface area contributed by atoms with E-state index in [0.717, 1.165) is 32.1 Å². The van der Waals surface area contributed by atoms with E-state index in [1.807, 2.05) is 11.0 Å². The Bertz CT molecular complexity index is 1100. The standard InChI is InChI=1S/C28H34N2O4/c1-18(31)30(23-8-9-23)28(27(32)29-25-11-10-24(33-2)16-26(25)34-3)13-12-21-14-19-6-4-5-7-20(19)15-22(21)17-28/h4-7,10-11,16,21-23H,8-9,12-15,17H2,1-3H3,(H,29,32)/t21-,22+,28-/m0/s1. The van der Waals surface area contributed by atoms with E-state index in [-0.39, 0.29) is 17.9 Å². The summed E-state index contributed by atoms with van der Waals surface area (Å²) in [5.74, 6) is 2.04. The van der Waals surface area contributed by atoms with Gasteiger partial charge in [0.1, 0.15) is 17.0 Å². The summed E-state index contributed by atoms with van der Waals surface area (Å²) in [6, 6.07) is 14.2. The van der Waals surface area contributed by atoms with Crippen molar-refractivity contribution in [1.82, 2.24) is 4.90 Å². The molecule has 0 heterocycles. The smallest absolute Gasteiger partial charge is 0.250 e. The first-order valence-electron chi connectivity index (χ1n) is 12.4. The van der Waals surface area contributed by atoms with Gasteiger partial charge in [0.05, 0.1) is 19.9 Å². The second kappa shape index (κ2) is 8.97. The van der Waals surface area contributed by atoms with Crippen LogP contribution in [0.15, 0.2) is 42.5 Å². The molecule has 2 saturated carbocycles. The number of nitrogens with zero attached hydrogens (tertiary/aromatic N) is 1. The largest absolute Gasteiger partial charge is 0.497 e. The van der Waals surface area contributed by atoms with Crippen molar-refractivity contribution < 1.29 is 19.1 Å². The molecular weight excluding hydrogens is 428 g/mol. The van der Waals surface area contributed by atoms with E-state index in [1.54, 1.807) is 33.3 Å². The lowest BCUT2D eigenvalue weighted by molar-refractivity contribution is -0.149. The minimum absolute atomic E-state index is 0.00555. The van der Waals surface area contributed by atoms with Crippen LogP contribution in [0.5, 0.6) is 11.5 Å². The molecular formula is C28H34N2O4. The SMILES string of the molecule is COc1ccc(NC(=O)[C@]2(N(C(C)=O)C3CC3)CC[C@H]3Cc4ccccc4C[C@@H]3C2)c(OC)c1. The Labute approximate surface area is 201 Å². The summed E-state index contributed by atoms with van der Waals surface area (Å²) in [5.41, 5.74) is 2.58. The highest BCUT2D eigenvalue weighted by Crippen LogP contribution is 2.49. The van der Waals surface area contributed by atoms with Crippen LogP contribution < -0.4 is 14.8 Å². The monoisotopic (exact) mass is 462 g/mol. The van der Waals surface area contributed by atoms with Gasteiger partial charge in [-0.3, -0.25) is 9.59 Å². The molecule has 3 aliphatic carbocycles. The maximum Gasteiger partial charge on any atom is 0.250 e. The molecule has 0 spiro atoms. The summed E-state index contributed by atoms with van der Waals surface area (Å²) in [4.78, 5) is 29.0. The third-order valence-corrected chi connectivity index (χ3v) is 8.07. The maximum atomic E-state index is 14.1. The highest BCUT2D eigenvalue weighted by Gasteiger charge is 2.55. The zero-order chi connectivity index (χ0) is 23.9. The van der Waals surface area contributed by atoms with Crippen molar-refractivity contribution in [2.75, 3.05) is 19.5 Å². The van der Waals surface area contributed by atoms with E-state index in [1.165, 1.54) is 11.1 Å². The number of fused-ring (bicyclic) bond motifs is 2. The van der Waals surface area contributed by atoms with Gasteiger partial charge >= 0.3 is 0 Å². The second-order valence-electron chi connectivity index (χ2n) is 10.1. The minimum Gasteiger partial charge on any atom is -0.497 e. The van der Waals surface area contributed by atoms with Crippen molar-refractivity contribution in [1.29, 1.82) is 0 Å². The number of benzene rings is 2. The summed E-state index contributed by atoms with van der Waals surface area (Å²) in [5, 5.41) is 3.14. The summed E-state index contributed by atoms with van der Waals surface area (Å²) < 4.78 is 10.8. The third-order valence-electron chi connectivity index (χ3n) is 8.07. The topological polar surface area (TPSA) is 67.9 Å². The molecule has 180 valence electrons. The van der Waals surface area contributed by atoms with Crippen LogP contribution in [0.1, 0.15) is 50.2 Å². The maximum absolute atomic E-state index is 14.1. The van der Waals surface area contributed by atoms with Crippen molar-refractivity contribution >= 4 is 17.5 Å². The number of amides is 2. The van der Waals surface area contributed by atoms with Crippen LogP contribution in [-0.2, 0) is 22.4 Å². The lowest BCUT2D eigenvalue weighted by atomic mass is 9.62. The molecule has 3 aliphatic rings. The zero-order valence-corrected chi connectivity index (χ0v) is 20.3. The van der Waals surface area contributed by atoms with E-state index in [4.69, 9.17) is 9.47 Å². The van der Waals surface area contributed by atoms with Crippen LogP contribution in [0.25, 0.3) is 0 Å². The van der Waals surface area contributed by atoms with Crippen molar-refractivity contribution in [2.45, 2.75) is 63.5 Å². The Morgan fingerprint density at radius 3 is 2.29 bits per heavy atom. The Morgan fingerprint density at radius 2 is 1.68 bits per heavy atom. The molecule has 34 heavy (non-hydrogen) atoms. The Morgan fingerprint density at radius 1 is 0.971 bits per heavy atom. The van der Waals surface area contributed by atoms with Gasteiger partial charge in [0, 0.05) is 19.0 Å². The first-order valence-corrected chi connectivity index (χ1v) is 12.4. The van der Waals surface area contributed by atoms with Gasteiger partial charge in [-0.2, -0.15) is 0 Å².